The molecule has 58 heavy (non-hydrogen) atoms. The summed E-state index contributed by atoms with van der Waals surface area (Å²) >= 11 is 0. The van der Waals surface area contributed by atoms with Gasteiger partial charge in [0.1, 0.15) is 0 Å². The van der Waals surface area contributed by atoms with E-state index < -0.39 is 0 Å². The Kier molecular flexibility index (Phi) is 7.25. The van der Waals surface area contributed by atoms with Crippen LogP contribution in [0.3, 0.4) is 0 Å². The average molecular weight is 741 g/mol. The minimum atomic E-state index is -0.0262. The lowest BCUT2D eigenvalue weighted by Gasteiger charge is -2.24. The zero-order valence-electron chi connectivity index (χ0n) is 31.6. The van der Waals surface area contributed by atoms with Crippen molar-refractivity contribution < 1.29 is 10.2 Å². The van der Waals surface area contributed by atoms with E-state index in [1.54, 1.807) is 0 Å². The fourth-order valence-corrected chi connectivity index (χ4v) is 10.4. The van der Waals surface area contributed by atoms with Gasteiger partial charge in [0.2, 0.25) is 0 Å². The first-order chi connectivity index (χ1) is 28.8. The second kappa shape index (κ2) is 12.7. The summed E-state index contributed by atoms with van der Waals surface area (Å²) in [6.07, 6.45) is 0. The monoisotopic (exact) mass is 740 g/mol. The smallest absolute Gasteiger partial charge is 0.0687 e. The van der Waals surface area contributed by atoms with E-state index in [0.29, 0.717) is 0 Å². The van der Waals surface area contributed by atoms with Gasteiger partial charge in [0.05, 0.1) is 13.2 Å². The maximum atomic E-state index is 10.7. The molecular weight excluding hydrogens is 705 g/mol. The van der Waals surface area contributed by atoms with Gasteiger partial charge in [0.25, 0.3) is 0 Å². The standard InChI is InChI=1S/C56H36O2/c57-31-37-27-29-43-49-39(37)23-13-25-41(49)51-45(33-15-5-1-6-16-33)55-47(35-19-9-3-10-20-35)54-44-30-28-38(32-58)40-24-14-26-42(50(40)44)52(54)46(34-17-7-2-8-18-34)56(55)48(53(43)51)36-21-11-4-12-22-36/h1-30,57-58H,31-32H2. The molecule has 0 fully saturated rings. The number of fused-ring (bicyclic) bond motifs is 7. The minimum absolute atomic E-state index is 0.0262. The van der Waals surface area contributed by atoms with E-state index in [-0.39, 0.29) is 13.2 Å². The highest BCUT2D eigenvalue weighted by molar-refractivity contribution is 6.47. The molecule has 0 radical (unpaired) electrons. The number of hydrogen-bond donors (Lipinski definition) is 2. The first-order valence-corrected chi connectivity index (χ1v) is 20.0. The predicted molar refractivity (Wildman–Crippen MR) is 245 cm³/mol. The number of aliphatic hydroxyl groups is 2. The second-order valence-electron chi connectivity index (χ2n) is 15.5. The van der Waals surface area contributed by atoms with Gasteiger partial charge >= 0.3 is 0 Å². The SMILES string of the molecule is OCc1ccc2c3c(-c4ccccc4)c4c(-c5ccccc5)c5c6cccc7c(CO)ccc(c5c(-c5ccccc5)c4c(-c4ccccc4)c3c3cccc1c32)c76. The molecule has 0 aromatic heterocycles. The van der Waals surface area contributed by atoms with Crippen molar-refractivity contribution in [2.75, 3.05) is 0 Å². The first-order valence-electron chi connectivity index (χ1n) is 20.0. The highest BCUT2D eigenvalue weighted by Gasteiger charge is 2.31. The van der Waals surface area contributed by atoms with E-state index in [0.717, 1.165) is 44.2 Å². The number of hydrogen-bond acceptors (Lipinski definition) is 2. The molecule has 12 aromatic carbocycles. The fraction of sp³-hybridized carbons (Fsp3) is 0.0357. The fourth-order valence-electron chi connectivity index (χ4n) is 10.4. The molecule has 0 aliphatic rings. The molecule has 0 heterocycles. The van der Waals surface area contributed by atoms with Gasteiger partial charge in [0.15, 0.2) is 0 Å². The molecule has 0 saturated heterocycles. The summed E-state index contributed by atoms with van der Waals surface area (Å²) in [5.74, 6) is 0. The van der Waals surface area contributed by atoms with Gasteiger partial charge in [-0.25, -0.2) is 0 Å². The Bertz CT molecular complexity index is 3140. The van der Waals surface area contributed by atoms with Gasteiger partial charge in [-0.05, 0) is 131 Å². The van der Waals surface area contributed by atoms with Gasteiger partial charge < -0.3 is 10.2 Å². The van der Waals surface area contributed by atoms with Crippen molar-refractivity contribution in [3.05, 3.63) is 193 Å². The van der Waals surface area contributed by atoms with Crippen LogP contribution in [0.1, 0.15) is 11.1 Å². The summed E-state index contributed by atoms with van der Waals surface area (Å²) in [5, 5.41) is 37.9. The molecule has 0 aliphatic heterocycles. The number of benzene rings is 10. The van der Waals surface area contributed by atoms with Crippen molar-refractivity contribution in [1.82, 2.24) is 0 Å². The van der Waals surface area contributed by atoms with E-state index in [2.05, 4.69) is 182 Å². The first kappa shape index (κ1) is 33.1. The summed E-state index contributed by atoms with van der Waals surface area (Å²) in [6.45, 7) is -0.0523. The molecule has 272 valence electrons. The number of aliphatic hydroxyl groups excluding tert-OH is 2. The third kappa shape index (κ3) is 4.44. The van der Waals surface area contributed by atoms with E-state index in [4.69, 9.17) is 0 Å². The largest absolute Gasteiger partial charge is 0.392 e. The van der Waals surface area contributed by atoms with Crippen LogP contribution in [0.4, 0.5) is 0 Å². The zero-order valence-corrected chi connectivity index (χ0v) is 31.6. The molecule has 0 saturated carbocycles. The Hall–Kier alpha value is -7.10. The molecular formula is C56H36O2. The van der Waals surface area contributed by atoms with Crippen molar-refractivity contribution in [2.24, 2.45) is 0 Å². The van der Waals surface area contributed by atoms with Crippen LogP contribution >= 0.6 is 0 Å². The quantitative estimate of drug-likeness (QED) is 0.178. The topological polar surface area (TPSA) is 40.5 Å². The van der Waals surface area contributed by atoms with E-state index in [9.17, 15) is 10.2 Å². The van der Waals surface area contributed by atoms with E-state index >= 15 is 0 Å². The van der Waals surface area contributed by atoms with Crippen LogP contribution in [-0.4, -0.2) is 10.2 Å². The van der Waals surface area contributed by atoms with Crippen LogP contribution in [0.2, 0.25) is 0 Å². The predicted octanol–water partition coefficient (Wildman–Crippen LogP) is 14.3. The third-order valence-corrected chi connectivity index (χ3v) is 12.7. The van der Waals surface area contributed by atoms with Gasteiger partial charge in [-0.15, -0.1) is 0 Å². The van der Waals surface area contributed by atoms with Gasteiger partial charge in [-0.1, -0.05) is 182 Å². The molecule has 2 heteroatoms. The summed E-state index contributed by atoms with van der Waals surface area (Å²) in [4.78, 5) is 0. The van der Waals surface area contributed by atoms with Crippen LogP contribution < -0.4 is 0 Å². The lowest BCUT2D eigenvalue weighted by Crippen LogP contribution is -1.96. The Morgan fingerprint density at radius 1 is 0.224 bits per heavy atom. The van der Waals surface area contributed by atoms with Gasteiger partial charge in [-0.3, -0.25) is 0 Å². The highest BCUT2D eigenvalue weighted by Crippen LogP contribution is 2.59. The maximum absolute atomic E-state index is 10.7. The molecule has 0 atom stereocenters. The molecule has 0 amide bonds. The Labute approximate surface area is 335 Å². The van der Waals surface area contributed by atoms with E-state index in [1.807, 2.05) is 0 Å². The Morgan fingerprint density at radius 2 is 0.500 bits per heavy atom. The Morgan fingerprint density at radius 3 is 0.793 bits per heavy atom. The van der Waals surface area contributed by atoms with Crippen molar-refractivity contribution in [3.63, 3.8) is 0 Å². The molecule has 0 spiro atoms. The van der Waals surface area contributed by atoms with Crippen LogP contribution in [0, 0.1) is 0 Å². The maximum Gasteiger partial charge on any atom is 0.0687 e. The molecule has 12 rings (SSSR count). The highest BCUT2D eigenvalue weighted by atomic mass is 16.3. The minimum Gasteiger partial charge on any atom is -0.392 e. The molecule has 0 bridgehead atoms. The summed E-state index contributed by atoms with van der Waals surface area (Å²) in [5.41, 5.74) is 11.3. The molecule has 2 N–H and O–H groups in total. The van der Waals surface area contributed by atoms with Crippen LogP contribution in [0.5, 0.6) is 0 Å². The van der Waals surface area contributed by atoms with Crippen LogP contribution in [-0.2, 0) is 13.2 Å². The van der Waals surface area contributed by atoms with Crippen molar-refractivity contribution >= 4 is 75.4 Å². The van der Waals surface area contributed by atoms with E-state index in [1.165, 1.54) is 86.9 Å². The lowest BCUT2D eigenvalue weighted by atomic mass is 9.78. The van der Waals surface area contributed by atoms with Crippen LogP contribution in [0.15, 0.2) is 182 Å². The normalized spacial score (nSPS) is 12.1. The molecule has 12 aromatic rings. The summed E-state index contributed by atoms with van der Waals surface area (Å²) in [7, 11) is 0. The van der Waals surface area contributed by atoms with Gasteiger partial charge in [-0.2, -0.15) is 0 Å². The lowest BCUT2D eigenvalue weighted by molar-refractivity contribution is 0.283. The molecule has 0 unspecified atom stereocenters. The summed E-state index contributed by atoms with van der Waals surface area (Å²) < 4.78 is 0. The summed E-state index contributed by atoms with van der Waals surface area (Å²) in [6, 6.07) is 65.8. The zero-order chi connectivity index (χ0) is 38.5. The number of rotatable bonds is 6. The second-order valence-corrected chi connectivity index (χ2v) is 15.5. The van der Waals surface area contributed by atoms with Crippen molar-refractivity contribution in [1.29, 1.82) is 0 Å². The van der Waals surface area contributed by atoms with Crippen molar-refractivity contribution in [3.8, 4) is 44.5 Å². The Balaban J connectivity index is 1.52. The van der Waals surface area contributed by atoms with Gasteiger partial charge in [0, 0.05) is 0 Å². The molecule has 0 aliphatic carbocycles. The van der Waals surface area contributed by atoms with Crippen molar-refractivity contribution in [2.45, 2.75) is 13.2 Å². The van der Waals surface area contributed by atoms with Crippen LogP contribution in [0.25, 0.3) is 120 Å². The average Bonchev–Trinajstić information content (AvgIpc) is 3.80. The molecule has 2 nitrogen and oxygen atoms in total. The third-order valence-electron chi connectivity index (χ3n) is 12.7.